The lowest BCUT2D eigenvalue weighted by molar-refractivity contribution is 1.37. The predicted molar refractivity (Wildman–Crippen MR) is 89.0 cm³/mol. The van der Waals surface area contributed by atoms with Crippen LogP contribution in [0.15, 0.2) is 42.5 Å². The minimum Gasteiger partial charge on any atom is -0.235 e. The fourth-order valence-corrected chi connectivity index (χ4v) is 3.13. The van der Waals surface area contributed by atoms with Crippen LogP contribution in [0.3, 0.4) is 0 Å². The molecule has 0 fully saturated rings. The molecule has 3 heteroatoms. The van der Waals surface area contributed by atoms with Gasteiger partial charge in [-0.3, -0.25) is 0 Å². The van der Waals surface area contributed by atoms with Crippen LogP contribution in [-0.2, 0) is 0 Å². The smallest absolute Gasteiger partial charge is 0.135 e. The van der Waals surface area contributed by atoms with E-state index < -0.39 is 0 Å². The molecule has 21 heavy (non-hydrogen) atoms. The molecule has 2 aromatic carbocycles. The molecule has 0 aliphatic heterocycles. The molecule has 0 bridgehead atoms. The van der Waals surface area contributed by atoms with Gasteiger partial charge in [0, 0.05) is 0 Å². The monoisotopic (exact) mass is 290 g/mol. The Labute approximate surface area is 128 Å². The van der Waals surface area contributed by atoms with Crippen LogP contribution in [0.25, 0.3) is 21.9 Å². The molecule has 0 radical (unpaired) electrons. The summed E-state index contributed by atoms with van der Waals surface area (Å²) in [5.41, 5.74) is 4.98. The van der Waals surface area contributed by atoms with Crippen molar-refractivity contribution in [3.8, 4) is 6.07 Å². The van der Waals surface area contributed by atoms with Gasteiger partial charge >= 0.3 is 0 Å². The van der Waals surface area contributed by atoms with Crippen LogP contribution >= 0.6 is 11.3 Å². The first-order valence-corrected chi connectivity index (χ1v) is 7.54. The fourth-order valence-electron chi connectivity index (χ4n) is 2.20. The maximum atomic E-state index is 9.47. The summed E-state index contributed by atoms with van der Waals surface area (Å²) in [5, 5.41) is 10.3. The molecule has 2 nitrogen and oxygen atoms in total. The van der Waals surface area contributed by atoms with Gasteiger partial charge in [0.1, 0.15) is 11.1 Å². The van der Waals surface area contributed by atoms with Gasteiger partial charge in [-0.15, -0.1) is 11.3 Å². The van der Waals surface area contributed by atoms with Gasteiger partial charge in [0.2, 0.25) is 0 Å². The Kier molecular flexibility index (Phi) is 3.55. The molecular weight excluding hydrogens is 276 g/mol. The molecule has 102 valence electrons. The number of hydrogen-bond acceptors (Lipinski definition) is 3. The van der Waals surface area contributed by atoms with Crippen LogP contribution in [0, 0.1) is 25.2 Å². The van der Waals surface area contributed by atoms with Gasteiger partial charge in [-0.1, -0.05) is 35.9 Å². The zero-order chi connectivity index (χ0) is 14.8. The number of para-hydroxylation sites is 1. The van der Waals surface area contributed by atoms with Crippen molar-refractivity contribution >= 4 is 33.2 Å². The Morgan fingerprint density at radius 2 is 2.00 bits per heavy atom. The Hall–Kier alpha value is -2.44. The van der Waals surface area contributed by atoms with Crippen LogP contribution in [0.1, 0.15) is 21.7 Å². The van der Waals surface area contributed by atoms with Crippen LogP contribution in [0.2, 0.25) is 0 Å². The molecule has 0 saturated heterocycles. The van der Waals surface area contributed by atoms with E-state index in [4.69, 9.17) is 0 Å². The molecule has 0 saturated carbocycles. The highest BCUT2D eigenvalue weighted by molar-refractivity contribution is 7.19. The van der Waals surface area contributed by atoms with Gasteiger partial charge in [-0.05, 0) is 43.2 Å². The van der Waals surface area contributed by atoms with Gasteiger partial charge in [-0.2, -0.15) is 5.26 Å². The number of benzene rings is 2. The van der Waals surface area contributed by atoms with E-state index in [-0.39, 0.29) is 0 Å². The molecule has 0 spiro atoms. The number of nitriles is 1. The van der Waals surface area contributed by atoms with Crippen molar-refractivity contribution in [2.75, 3.05) is 0 Å². The number of rotatable bonds is 2. The molecular formula is C18H14N2S. The number of aryl methyl sites for hydroxylation is 2. The molecule has 3 aromatic rings. The van der Waals surface area contributed by atoms with Gasteiger partial charge in [0.25, 0.3) is 0 Å². The Bertz CT molecular complexity index is 849. The summed E-state index contributed by atoms with van der Waals surface area (Å²) in [5.74, 6) is 0. The topological polar surface area (TPSA) is 36.7 Å². The minimum atomic E-state index is 0.616. The van der Waals surface area contributed by atoms with Crippen LogP contribution in [0.5, 0.6) is 0 Å². The SMILES string of the molecule is Cc1ccc(C)c(/C=C(\C#N)c2nc3ccccc3s2)c1. The summed E-state index contributed by atoms with van der Waals surface area (Å²) < 4.78 is 1.11. The quantitative estimate of drug-likeness (QED) is 0.624. The normalized spacial score (nSPS) is 11.6. The lowest BCUT2D eigenvalue weighted by atomic mass is 10.0. The predicted octanol–water partition coefficient (Wildman–Crippen LogP) is 4.98. The first-order chi connectivity index (χ1) is 10.2. The highest BCUT2D eigenvalue weighted by Gasteiger charge is 2.09. The summed E-state index contributed by atoms with van der Waals surface area (Å²) in [6.07, 6.45) is 1.93. The van der Waals surface area contributed by atoms with Crippen LogP contribution in [-0.4, -0.2) is 4.98 Å². The number of hydrogen-bond donors (Lipinski definition) is 0. The first kappa shape index (κ1) is 13.5. The van der Waals surface area contributed by atoms with Gasteiger partial charge in [-0.25, -0.2) is 4.98 Å². The second-order valence-electron chi connectivity index (χ2n) is 5.02. The third-order valence-electron chi connectivity index (χ3n) is 3.38. The van der Waals surface area contributed by atoms with E-state index >= 15 is 0 Å². The maximum absolute atomic E-state index is 9.47. The molecule has 3 rings (SSSR count). The van der Waals surface area contributed by atoms with Crippen LogP contribution < -0.4 is 0 Å². The fraction of sp³-hybridized carbons (Fsp3) is 0.111. The standard InChI is InChI=1S/C18H14N2S/c1-12-7-8-13(2)14(9-12)10-15(11-19)18-20-16-5-3-4-6-17(16)21-18/h3-10H,1-2H3/b15-10+. The molecule has 1 aromatic heterocycles. The van der Waals surface area contributed by atoms with E-state index in [2.05, 4.69) is 43.1 Å². The van der Waals surface area contributed by atoms with Crippen molar-refractivity contribution in [3.05, 3.63) is 64.2 Å². The Balaban J connectivity index is 2.11. The zero-order valence-corrected chi connectivity index (χ0v) is 12.7. The second-order valence-corrected chi connectivity index (χ2v) is 6.05. The van der Waals surface area contributed by atoms with Crippen molar-refractivity contribution < 1.29 is 0 Å². The van der Waals surface area contributed by atoms with Crippen molar-refractivity contribution in [1.29, 1.82) is 5.26 Å². The highest BCUT2D eigenvalue weighted by atomic mass is 32.1. The molecule has 0 atom stereocenters. The Morgan fingerprint density at radius 3 is 2.76 bits per heavy atom. The largest absolute Gasteiger partial charge is 0.235 e. The maximum Gasteiger partial charge on any atom is 0.135 e. The van der Waals surface area contributed by atoms with Crippen molar-refractivity contribution in [2.24, 2.45) is 0 Å². The molecule has 0 N–H and O–H groups in total. The van der Waals surface area contributed by atoms with Gasteiger partial charge in [0.05, 0.1) is 15.8 Å². The third kappa shape index (κ3) is 2.72. The highest BCUT2D eigenvalue weighted by Crippen LogP contribution is 2.28. The number of aromatic nitrogens is 1. The van der Waals surface area contributed by atoms with Gasteiger partial charge < -0.3 is 0 Å². The van der Waals surface area contributed by atoms with E-state index in [1.165, 1.54) is 5.56 Å². The lowest BCUT2D eigenvalue weighted by Gasteiger charge is -2.02. The summed E-state index contributed by atoms with van der Waals surface area (Å²) in [7, 11) is 0. The number of thiazole rings is 1. The summed E-state index contributed by atoms with van der Waals surface area (Å²) in [4.78, 5) is 4.56. The average molecular weight is 290 g/mol. The van der Waals surface area contributed by atoms with E-state index in [0.717, 1.165) is 26.4 Å². The van der Waals surface area contributed by atoms with E-state index in [1.807, 2.05) is 30.3 Å². The number of fused-ring (bicyclic) bond motifs is 1. The number of allylic oxidation sites excluding steroid dienone is 1. The van der Waals surface area contributed by atoms with Crippen LogP contribution in [0.4, 0.5) is 0 Å². The zero-order valence-electron chi connectivity index (χ0n) is 11.9. The molecule has 0 aliphatic rings. The van der Waals surface area contributed by atoms with Crippen molar-refractivity contribution in [2.45, 2.75) is 13.8 Å². The molecule has 0 unspecified atom stereocenters. The lowest BCUT2D eigenvalue weighted by Crippen LogP contribution is -1.85. The summed E-state index contributed by atoms with van der Waals surface area (Å²) >= 11 is 1.56. The first-order valence-electron chi connectivity index (χ1n) is 6.72. The molecule has 1 heterocycles. The van der Waals surface area contributed by atoms with E-state index in [0.29, 0.717) is 5.57 Å². The number of nitrogens with zero attached hydrogens (tertiary/aromatic N) is 2. The molecule has 0 aliphatic carbocycles. The van der Waals surface area contributed by atoms with E-state index in [9.17, 15) is 5.26 Å². The van der Waals surface area contributed by atoms with Gasteiger partial charge in [0.15, 0.2) is 0 Å². The molecule has 0 amide bonds. The second kappa shape index (κ2) is 5.51. The summed E-state index contributed by atoms with van der Waals surface area (Å²) in [6.45, 7) is 4.11. The van der Waals surface area contributed by atoms with Crippen molar-refractivity contribution in [3.63, 3.8) is 0 Å². The summed E-state index contributed by atoms with van der Waals surface area (Å²) in [6, 6.07) is 16.5. The van der Waals surface area contributed by atoms with E-state index in [1.54, 1.807) is 11.3 Å². The third-order valence-corrected chi connectivity index (χ3v) is 4.45. The van der Waals surface area contributed by atoms with Crippen molar-refractivity contribution in [1.82, 2.24) is 4.98 Å². The minimum absolute atomic E-state index is 0.616. The Morgan fingerprint density at radius 1 is 1.19 bits per heavy atom. The average Bonchev–Trinajstić information content (AvgIpc) is 2.91.